The number of carbonyl (C=O) groups is 2. The lowest BCUT2D eigenvalue weighted by atomic mass is 9.91. The summed E-state index contributed by atoms with van der Waals surface area (Å²) < 4.78 is 72.2. The van der Waals surface area contributed by atoms with E-state index >= 15 is 0 Å². The molecule has 42 heavy (non-hydrogen) atoms. The van der Waals surface area contributed by atoms with Crippen LogP contribution in [0.1, 0.15) is 77.4 Å². The third-order valence-corrected chi connectivity index (χ3v) is 6.95. The number of hydrogen-bond acceptors (Lipinski definition) is 6. The Labute approximate surface area is 254 Å². The van der Waals surface area contributed by atoms with Crippen LogP contribution in [-0.4, -0.2) is 46.9 Å². The summed E-state index contributed by atoms with van der Waals surface area (Å²) in [5.74, 6) is 1.31. The van der Waals surface area contributed by atoms with Gasteiger partial charge in [-0.05, 0) is 49.9 Å². The first-order valence-electron chi connectivity index (χ1n) is 12.4. The SMILES string of the molecule is C#CC(C)(C)NC(=O)c1cc(Cl)cc(Cl)c1.COC(=O)c1c(C(F)F)nc(C(F)(F)F)c(C2=NCCS2)c1CC(C)C. The zero-order valence-electron chi connectivity index (χ0n) is 23.3. The summed E-state index contributed by atoms with van der Waals surface area (Å²) in [5, 5.41) is 3.57. The van der Waals surface area contributed by atoms with E-state index in [2.05, 4.69) is 26.0 Å². The predicted octanol–water partition coefficient (Wildman–Crippen LogP) is 7.65. The Bertz CT molecular complexity index is 1390. The van der Waals surface area contributed by atoms with Crippen LogP contribution >= 0.6 is 35.0 Å². The largest absolute Gasteiger partial charge is 0.465 e. The molecule has 0 bridgehead atoms. The quantitative estimate of drug-likeness (QED) is 0.189. The number of thioether (sulfide) groups is 1. The highest BCUT2D eigenvalue weighted by Gasteiger charge is 2.42. The van der Waals surface area contributed by atoms with Crippen molar-refractivity contribution in [1.82, 2.24) is 10.3 Å². The molecule has 0 fully saturated rings. The van der Waals surface area contributed by atoms with E-state index in [1.165, 1.54) is 12.1 Å². The molecular formula is C28H28Cl2F5N3O3S. The number of halogens is 7. The number of hydrogen-bond donors (Lipinski definition) is 1. The Kier molecular flexibility index (Phi) is 12.2. The number of methoxy groups -OCH3 is 1. The van der Waals surface area contributed by atoms with Gasteiger partial charge in [-0.3, -0.25) is 9.79 Å². The molecule has 3 rings (SSSR count). The number of alkyl halides is 5. The van der Waals surface area contributed by atoms with E-state index in [9.17, 15) is 31.5 Å². The van der Waals surface area contributed by atoms with Crippen molar-refractivity contribution in [2.24, 2.45) is 10.9 Å². The molecule has 1 aromatic carbocycles. The van der Waals surface area contributed by atoms with Crippen molar-refractivity contribution >= 4 is 51.9 Å². The number of aliphatic imine (C=N–C) groups is 1. The molecule has 228 valence electrons. The van der Waals surface area contributed by atoms with Gasteiger partial charge in [-0.15, -0.1) is 18.2 Å². The van der Waals surface area contributed by atoms with Gasteiger partial charge in [0.2, 0.25) is 0 Å². The Hall–Kier alpha value is -2.88. The minimum Gasteiger partial charge on any atom is -0.465 e. The average molecular weight is 653 g/mol. The molecule has 0 saturated carbocycles. The fourth-order valence-electron chi connectivity index (χ4n) is 3.75. The van der Waals surface area contributed by atoms with Gasteiger partial charge in [0.15, 0.2) is 5.69 Å². The van der Waals surface area contributed by atoms with Crippen LogP contribution in [-0.2, 0) is 17.3 Å². The number of ether oxygens (including phenoxy) is 1. The summed E-state index contributed by atoms with van der Waals surface area (Å²) in [6.07, 6.45) is -3.07. The zero-order valence-corrected chi connectivity index (χ0v) is 25.6. The summed E-state index contributed by atoms with van der Waals surface area (Å²) in [5.41, 5.74) is -4.10. The number of rotatable bonds is 7. The standard InChI is InChI=1S/C16H17F5N2O2S.C12H11Cl2NO/c1-7(2)6-8-9(15(24)25-3)11(13(17)18)23-12(16(19,20)21)10(8)14-22-4-5-26-14;1-4-12(2,3)15-11(16)8-5-9(13)7-10(14)6-8/h7,13H,4-6H2,1-3H3;1,5-7H,2-3H3,(H,15,16). The number of pyridine rings is 1. The molecule has 1 aromatic heterocycles. The van der Waals surface area contributed by atoms with Gasteiger partial charge in [-0.25, -0.2) is 18.6 Å². The number of amides is 1. The first-order chi connectivity index (χ1) is 19.4. The Morgan fingerprint density at radius 2 is 1.76 bits per heavy atom. The summed E-state index contributed by atoms with van der Waals surface area (Å²) >= 11 is 12.7. The van der Waals surface area contributed by atoms with Crippen molar-refractivity contribution in [3.8, 4) is 12.3 Å². The summed E-state index contributed by atoms with van der Waals surface area (Å²) in [7, 11) is 0.982. The van der Waals surface area contributed by atoms with Gasteiger partial charge < -0.3 is 10.1 Å². The van der Waals surface area contributed by atoms with Crippen LogP contribution in [0.15, 0.2) is 23.2 Å². The van der Waals surface area contributed by atoms with E-state index in [4.69, 9.17) is 29.6 Å². The summed E-state index contributed by atoms with van der Waals surface area (Å²) in [4.78, 5) is 31.1. The van der Waals surface area contributed by atoms with E-state index < -0.39 is 46.6 Å². The van der Waals surface area contributed by atoms with Crippen LogP contribution in [0.25, 0.3) is 0 Å². The predicted molar refractivity (Wildman–Crippen MR) is 155 cm³/mol. The van der Waals surface area contributed by atoms with Gasteiger partial charge >= 0.3 is 12.1 Å². The smallest absolute Gasteiger partial charge is 0.434 e. The van der Waals surface area contributed by atoms with Crippen LogP contribution < -0.4 is 5.32 Å². The Balaban J connectivity index is 0.000000330. The molecule has 2 aromatic rings. The van der Waals surface area contributed by atoms with Gasteiger partial charge in [0.1, 0.15) is 10.7 Å². The molecule has 0 radical (unpaired) electrons. The molecule has 0 saturated heterocycles. The van der Waals surface area contributed by atoms with Crippen molar-refractivity contribution in [3.05, 3.63) is 61.9 Å². The minimum absolute atomic E-state index is 0.0231. The first kappa shape index (κ1) is 35.3. The van der Waals surface area contributed by atoms with E-state index in [1.54, 1.807) is 33.8 Å². The summed E-state index contributed by atoms with van der Waals surface area (Å²) in [6.45, 7) is 7.20. The second-order valence-corrected chi connectivity index (χ2v) is 11.8. The van der Waals surface area contributed by atoms with E-state index in [-0.39, 0.29) is 28.9 Å². The van der Waals surface area contributed by atoms with Crippen molar-refractivity contribution < 1.29 is 36.3 Å². The minimum atomic E-state index is -4.97. The number of aromatic nitrogens is 1. The molecule has 14 heteroatoms. The number of benzene rings is 1. The highest BCUT2D eigenvalue weighted by molar-refractivity contribution is 8.14. The van der Waals surface area contributed by atoms with E-state index in [0.29, 0.717) is 27.9 Å². The third kappa shape index (κ3) is 9.31. The van der Waals surface area contributed by atoms with E-state index in [0.717, 1.165) is 18.9 Å². The summed E-state index contributed by atoms with van der Waals surface area (Å²) in [6, 6.07) is 4.64. The topological polar surface area (TPSA) is 80.6 Å². The lowest BCUT2D eigenvalue weighted by Crippen LogP contribution is -2.42. The maximum absolute atomic E-state index is 13.6. The maximum Gasteiger partial charge on any atom is 0.434 e. The van der Waals surface area contributed by atoms with Gasteiger partial charge in [0.05, 0.1) is 18.2 Å². The van der Waals surface area contributed by atoms with E-state index in [1.807, 2.05) is 0 Å². The second-order valence-electron chi connectivity index (χ2n) is 9.88. The molecule has 1 aliphatic heterocycles. The van der Waals surface area contributed by atoms with Crippen LogP contribution in [0.5, 0.6) is 0 Å². The third-order valence-electron chi connectivity index (χ3n) is 5.52. The molecule has 6 nitrogen and oxygen atoms in total. The average Bonchev–Trinajstić information content (AvgIpc) is 3.41. The molecular weight excluding hydrogens is 624 g/mol. The van der Waals surface area contributed by atoms with Crippen LogP contribution in [0.4, 0.5) is 22.0 Å². The molecule has 0 aliphatic carbocycles. The highest BCUT2D eigenvalue weighted by Crippen LogP contribution is 2.40. The molecule has 0 spiro atoms. The second kappa shape index (κ2) is 14.5. The van der Waals surface area contributed by atoms with Gasteiger partial charge in [0.25, 0.3) is 12.3 Å². The monoisotopic (exact) mass is 651 g/mol. The molecule has 2 heterocycles. The van der Waals surface area contributed by atoms with Crippen molar-refractivity contribution in [2.75, 3.05) is 19.4 Å². The number of nitrogens with zero attached hydrogens (tertiary/aromatic N) is 2. The number of terminal acetylenes is 1. The number of esters is 1. The maximum atomic E-state index is 13.6. The van der Waals surface area contributed by atoms with Crippen molar-refractivity contribution in [3.63, 3.8) is 0 Å². The van der Waals surface area contributed by atoms with Crippen molar-refractivity contribution in [1.29, 1.82) is 0 Å². The molecule has 0 unspecified atom stereocenters. The molecule has 0 atom stereocenters. The highest BCUT2D eigenvalue weighted by atomic mass is 35.5. The van der Waals surface area contributed by atoms with Crippen molar-refractivity contribution in [2.45, 2.75) is 52.3 Å². The number of nitrogens with one attached hydrogen (secondary N) is 1. The first-order valence-corrected chi connectivity index (χ1v) is 14.1. The molecule has 1 N–H and O–H groups in total. The normalized spacial score (nSPS) is 13.3. The molecule has 1 aliphatic rings. The lowest BCUT2D eigenvalue weighted by Gasteiger charge is -2.22. The van der Waals surface area contributed by atoms with Gasteiger partial charge in [-0.2, -0.15) is 13.2 Å². The number of carbonyl (C=O) groups excluding carboxylic acids is 2. The Morgan fingerprint density at radius 3 is 2.19 bits per heavy atom. The van der Waals surface area contributed by atoms with Gasteiger partial charge in [0, 0.05) is 33.5 Å². The van der Waals surface area contributed by atoms with Crippen LogP contribution in [0, 0.1) is 18.3 Å². The zero-order chi connectivity index (χ0) is 32.0. The van der Waals surface area contributed by atoms with Crippen LogP contribution in [0.2, 0.25) is 10.0 Å². The van der Waals surface area contributed by atoms with Gasteiger partial charge in [-0.1, -0.05) is 43.0 Å². The van der Waals surface area contributed by atoms with Crippen LogP contribution in [0.3, 0.4) is 0 Å². The fraction of sp³-hybridized carbons (Fsp3) is 0.429. The molecule has 1 amide bonds. The Morgan fingerprint density at radius 1 is 1.17 bits per heavy atom. The fourth-order valence-corrected chi connectivity index (χ4v) is 5.20. The lowest BCUT2D eigenvalue weighted by molar-refractivity contribution is -0.141.